The predicted molar refractivity (Wildman–Crippen MR) is 62.8 cm³/mol. The average molecular weight is 259 g/mol. The number of halogens is 3. The van der Waals surface area contributed by atoms with Crippen LogP contribution in [-0.2, 0) is 0 Å². The molecule has 0 aliphatic carbocycles. The molecule has 1 aliphatic heterocycles. The zero-order valence-corrected chi connectivity index (χ0v) is 10.2. The highest BCUT2D eigenvalue weighted by Gasteiger charge is 2.23. The van der Waals surface area contributed by atoms with Crippen LogP contribution in [0.25, 0.3) is 0 Å². The van der Waals surface area contributed by atoms with Gasteiger partial charge in [0.15, 0.2) is 11.6 Å². The van der Waals surface area contributed by atoms with Gasteiger partial charge in [-0.15, -0.1) is 0 Å². The SMILES string of the molecule is COc1c(F)cc(C(F)F)cc1C1CCCNC1. The Morgan fingerprint density at radius 3 is 2.72 bits per heavy atom. The summed E-state index contributed by atoms with van der Waals surface area (Å²) in [4.78, 5) is 0. The first kappa shape index (κ1) is 13.2. The molecule has 1 unspecified atom stereocenters. The van der Waals surface area contributed by atoms with Gasteiger partial charge in [-0.05, 0) is 31.5 Å². The van der Waals surface area contributed by atoms with Gasteiger partial charge in [-0.3, -0.25) is 0 Å². The molecule has 0 aromatic heterocycles. The smallest absolute Gasteiger partial charge is 0.263 e. The quantitative estimate of drug-likeness (QED) is 0.899. The van der Waals surface area contributed by atoms with Crippen molar-refractivity contribution in [1.29, 1.82) is 0 Å². The lowest BCUT2D eigenvalue weighted by Gasteiger charge is -2.25. The minimum atomic E-state index is -2.67. The second-order valence-corrected chi connectivity index (χ2v) is 4.47. The summed E-state index contributed by atoms with van der Waals surface area (Å²) in [6.45, 7) is 1.58. The fraction of sp³-hybridized carbons (Fsp3) is 0.538. The number of rotatable bonds is 3. The largest absolute Gasteiger partial charge is 0.493 e. The van der Waals surface area contributed by atoms with E-state index in [2.05, 4.69) is 5.32 Å². The van der Waals surface area contributed by atoms with Crippen molar-refractivity contribution < 1.29 is 17.9 Å². The Balaban J connectivity index is 2.41. The normalized spacial score (nSPS) is 20.2. The van der Waals surface area contributed by atoms with E-state index in [-0.39, 0.29) is 17.2 Å². The molecule has 0 bridgehead atoms. The first-order chi connectivity index (χ1) is 8.63. The third-order valence-electron chi connectivity index (χ3n) is 3.29. The molecule has 1 aliphatic rings. The number of benzene rings is 1. The van der Waals surface area contributed by atoms with Gasteiger partial charge in [0.2, 0.25) is 0 Å². The van der Waals surface area contributed by atoms with Crippen molar-refractivity contribution in [1.82, 2.24) is 5.32 Å². The molecule has 1 N–H and O–H groups in total. The lowest BCUT2D eigenvalue weighted by atomic mass is 9.89. The van der Waals surface area contributed by atoms with E-state index in [9.17, 15) is 13.2 Å². The fourth-order valence-corrected chi connectivity index (χ4v) is 2.40. The number of nitrogens with one attached hydrogen (secondary N) is 1. The molecule has 2 rings (SSSR count). The molecule has 1 aromatic rings. The zero-order chi connectivity index (χ0) is 13.1. The molecule has 1 aromatic carbocycles. The summed E-state index contributed by atoms with van der Waals surface area (Å²) in [7, 11) is 1.36. The van der Waals surface area contributed by atoms with E-state index in [0.29, 0.717) is 12.1 Å². The van der Waals surface area contributed by atoms with Crippen LogP contribution in [-0.4, -0.2) is 20.2 Å². The number of hydrogen-bond donors (Lipinski definition) is 1. The molecule has 1 saturated heterocycles. The molecule has 1 atom stereocenters. The Bertz CT molecular complexity index is 417. The summed E-state index contributed by atoms with van der Waals surface area (Å²) in [5, 5.41) is 3.19. The van der Waals surface area contributed by atoms with Crippen LogP contribution in [0.2, 0.25) is 0 Å². The highest BCUT2D eigenvalue weighted by molar-refractivity contribution is 5.42. The minimum Gasteiger partial charge on any atom is -0.493 e. The van der Waals surface area contributed by atoms with E-state index in [1.807, 2.05) is 0 Å². The summed E-state index contributed by atoms with van der Waals surface area (Å²) in [5.74, 6) is -0.592. The van der Waals surface area contributed by atoms with Crippen molar-refractivity contribution in [2.24, 2.45) is 0 Å². The van der Waals surface area contributed by atoms with Crippen LogP contribution >= 0.6 is 0 Å². The second kappa shape index (κ2) is 5.61. The summed E-state index contributed by atoms with van der Waals surface area (Å²) < 4.78 is 44.2. The Morgan fingerprint density at radius 2 is 2.17 bits per heavy atom. The molecule has 2 nitrogen and oxygen atoms in total. The van der Waals surface area contributed by atoms with Gasteiger partial charge in [0.05, 0.1) is 7.11 Å². The maximum Gasteiger partial charge on any atom is 0.263 e. The van der Waals surface area contributed by atoms with Crippen molar-refractivity contribution in [2.75, 3.05) is 20.2 Å². The van der Waals surface area contributed by atoms with Crippen molar-refractivity contribution in [2.45, 2.75) is 25.2 Å². The van der Waals surface area contributed by atoms with Crippen LogP contribution in [0.5, 0.6) is 5.75 Å². The van der Waals surface area contributed by atoms with Gasteiger partial charge in [0, 0.05) is 23.6 Å². The van der Waals surface area contributed by atoms with E-state index in [0.717, 1.165) is 25.5 Å². The Hall–Kier alpha value is -1.23. The van der Waals surface area contributed by atoms with Crippen LogP contribution < -0.4 is 10.1 Å². The number of piperidine rings is 1. The molecule has 100 valence electrons. The number of methoxy groups -OCH3 is 1. The van der Waals surface area contributed by atoms with E-state index < -0.39 is 12.2 Å². The van der Waals surface area contributed by atoms with E-state index >= 15 is 0 Å². The standard InChI is InChI=1S/C13H16F3NO/c1-18-12-10(8-3-2-4-17-7-8)5-9(13(15)16)6-11(12)14/h5-6,8,13,17H,2-4,7H2,1H3. The predicted octanol–water partition coefficient (Wildman–Crippen LogP) is 3.24. The summed E-state index contributed by atoms with van der Waals surface area (Å²) in [6.07, 6.45) is -0.857. The van der Waals surface area contributed by atoms with Crippen LogP contribution in [0.4, 0.5) is 13.2 Å². The Morgan fingerprint density at radius 1 is 1.39 bits per heavy atom. The van der Waals surface area contributed by atoms with Crippen molar-refractivity contribution in [3.8, 4) is 5.75 Å². The maximum atomic E-state index is 13.7. The molecule has 0 amide bonds. The molecular weight excluding hydrogens is 243 g/mol. The van der Waals surface area contributed by atoms with Gasteiger partial charge in [0.1, 0.15) is 0 Å². The highest BCUT2D eigenvalue weighted by atomic mass is 19.3. The van der Waals surface area contributed by atoms with E-state index in [1.54, 1.807) is 0 Å². The highest BCUT2D eigenvalue weighted by Crippen LogP contribution is 2.36. The van der Waals surface area contributed by atoms with Crippen molar-refractivity contribution in [3.05, 3.63) is 29.1 Å². The molecule has 18 heavy (non-hydrogen) atoms. The number of alkyl halides is 2. The molecule has 0 spiro atoms. The summed E-state index contributed by atoms with van der Waals surface area (Å²) >= 11 is 0. The zero-order valence-electron chi connectivity index (χ0n) is 10.2. The average Bonchev–Trinajstić information content (AvgIpc) is 2.38. The lowest BCUT2D eigenvalue weighted by Crippen LogP contribution is -2.28. The summed E-state index contributed by atoms with van der Waals surface area (Å²) in [5.41, 5.74) is 0.258. The topological polar surface area (TPSA) is 21.3 Å². The fourth-order valence-electron chi connectivity index (χ4n) is 2.40. The van der Waals surface area contributed by atoms with E-state index in [1.165, 1.54) is 13.2 Å². The third kappa shape index (κ3) is 2.61. The van der Waals surface area contributed by atoms with Crippen LogP contribution in [0, 0.1) is 5.82 Å². The number of hydrogen-bond acceptors (Lipinski definition) is 2. The van der Waals surface area contributed by atoms with Crippen LogP contribution in [0.1, 0.15) is 36.3 Å². The van der Waals surface area contributed by atoms with Gasteiger partial charge in [-0.2, -0.15) is 0 Å². The van der Waals surface area contributed by atoms with Crippen molar-refractivity contribution >= 4 is 0 Å². The van der Waals surface area contributed by atoms with Crippen molar-refractivity contribution in [3.63, 3.8) is 0 Å². The van der Waals surface area contributed by atoms with Gasteiger partial charge in [0.25, 0.3) is 6.43 Å². The van der Waals surface area contributed by atoms with Crippen LogP contribution in [0.15, 0.2) is 12.1 Å². The van der Waals surface area contributed by atoms with Crippen LogP contribution in [0.3, 0.4) is 0 Å². The Kier molecular flexibility index (Phi) is 4.11. The number of ether oxygens (including phenoxy) is 1. The first-order valence-corrected chi connectivity index (χ1v) is 5.99. The van der Waals surface area contributed by atoms with E-state index in [4.69, 9.17) is 4.74 Å². The monoisotopic (exact) mass is 259 g/mol. The van der Waals surface area contributed by atoms with Gasteiger partial charge in [-0.1, -0.05) is 0 Å². The molecule has 1 heterocycles. The molecule has 5 heteroatoms. The maximum absolute atomic E-state index is 13.7. The Labute approximate surface area is 104 Å². The second-order valence-electron chi connectivity index (χ2n) is 4.47. The van der Waals surface area contributed by atoms with Gasteiger partial charge in [-0.25, -0.2) is 13.2 Å². The molecular formula is C13H16F3NO. The summed E-state index contributed by atoms with van der Waals surface area (Å²) in [6, 6.07) is 2.22. The minimum absolute atomic E-state index is 0.0295. The van der Waals surface area contributed by atoms with Gasteiger partial charge < -0.3 is 10.1 Å². The third-order valence-corrected chi connectivity index (χ3v) is 3.29. The molecule has 0 radical (unpaired) electrons. The lowest BCUT2D eigenvalue weighted by molar-refractivity contribution is 0.150. The van der Waals surface area contributed by atoms with Gasteiger partial charge >= 0.3 is 0 Å². The first-order valence-electron chi connectivity index (χ1n) is 5.99. The molecule has 0 saturated carbocycles. The molecule has 1 fully saturated rings.